The molecular weight excluding hydrogens is 262 g/mol. The lowest BCUT2D eigenvalue weighted by Gasteiger charge is -2.14. The molecule has 0 aliphatic rings. The molecule has 0 atom stereocenters. The predicted octanol–water partition coefficient (Wildman–Crippen LogP) is 1.98. The fourth-order valence-electron chi connectivity index (χ4n) is 1.97. The summed E-state index contributed by atoms with van der Waals surface area (Å²) in [6, 6.07) is 5.38. The Balaban J connectivity index is 1.79. The topological polar surface area (TPSA) is 50.8 Å². The van der Waals surface area contributed by atoms with Crippen LogP contribution >= 0.6 is 11.3 Å². The highest BCUT2D eigenvalue weighted by Gasteiger charge is 2.07. The summed E-state index contributed by atoms with van der Waals surface area (Å²) < 4.78 is 6.85. The third kappa shape index (κ3) is 2.59. The van der Waals surface area contributed by atoms with Crippen LogP contribution in [0.25, 0.3) is 4.96 Å². The van der Waals surface area contributed by atoms with Gasteiger partial charge >= 0.3 is 0 Å². The van der Waals surface area contributed by atoms with Gasteiger partial charge in [0.25, 0.3) is 5.56 Å². The van der Waals surface area contributed by atoms with Crippen molar-refractivity contribution in [2.45, 2.75) is 13.1 Å². The van der Waals surface area contributed by atoms with Crippen LogP contribution in [0.1, 0.15) is 11.5 Å². The van der Waals surface area contributed by atoms with Crippen molar-refractivity contribution in [3.63, 3.8) is 0 Å². The van der Waals surface area contributed by atoms with Gasteiger partial charge < -0.3 is 4.42 Å². The molecule has 0 amide bonds. The normalized spacial score (nSPS) is 11.5. The summed E-state index contributed by atoms with van der Waals surface area (Å²) in [7, 11) is 1.97. The Morgan fingerprint density at radius 3 is 3.16 bits per heavy atom. The van der Waals surface area contributed by atoms with Gasteiger partial charge in [-0.05, 0) is 19.2 Å². The van der Waals surface area contributed by atoms with Gasteiger partial charge in [-0.25, -0.2) is 4.98 Å². The number of fused-ring (bicyclic) bond motifs is 1. The van der Waals surface area contributed by atoms with Gasteiger partial charge in [0.1, 0.15) is 5.76 Å². The Morgan fingerprint density at radius 2 is 2.37 bits per heavy atom. The van der Waals surface area contributed by atoms with E-state index >= 15 is 0 Å². The van der Waals surface area contributed by atoms with Crippen LogP contribution < -0.4 is 5.56 Å². The molecule has 0 bridgehead atoms. The lowest BCUT2D eigenvalue weighted by atomic mass is 10.3. The molecule has 0 unspecified atom stereocenters. The Hall–Kier alpha value is -1.92. The smallest absolute Gasteiger partial charge is 0.258 e. The zero-order valence-corrected chi connectivity index (χ0v) is 11.3. The van der Waals surface area contributed by atoms with Gasteiger partial charge in [0.15, 0.2) is 4.96 Å². The molecule has 5 nitrogen and oxygen atoms in total. The molecule has 0 fully saturated rings. The molecule has 98 valence electrons. The molecule has 6 heteroatoms. The lowest BCUT2D eigenvalue weighted by Crippen LogP contribution is -2.20. The molecule has 19 heavy (non-hydrogen) atoms. The Morgan fingerprint density at radius 1 is 1.47 bits per heavy atom. The van der Waals surface area contributed by atoms with Gasteiger partial charge in [0.05, 0.1) is 18.5 Å². The van der Waals surface area contributed by atoms with Crippen LogP contribution in [0, 0.1) is 0 Å². The fourth-order valence-corrected chi connectivity index (χ4v) is 2.71. The summed E-state index contributed by atoms with van der Waals surface area (Å²) in [4.78, 5) is 19.1. The van der Waals surface area contributed by atoms with Crippen LogP contribution in [-0.4, -0.2) is 21.3 Å². The second-order valence-corrected chi connectivity index (χ2v) is 5.27. The highest BCUT2D eigenvalue weighted by Crippen LogP contribution is 2.09. The van der Waals surface area contributed by atoms with Crippen molar-refractivity contribution in [1.29, 1.82) is 0 Å². The molecule has 3 aromatic rings. The number of thiazole rings is 1. The summed E-state index contributed by atoms with van der Waals surface area (Å²) in [6.45, 7) is 1.31. The first-order chi connectivity index (χ1) is 9.22. The van der Waals surface area contributed by atoms with Crippen molar-refractivity contribution in [2.24, 2.45) is 0 Å². The molecule has 3 aromatic heterocycles. The zero-order chi connectivity index (χ0) is 13.2. The standard InChI is InChI=1S/C13H13N3O2S/c1-15(9-11-3-2-5-18-11)8-10-7-12(17)16-4-6-19-13(16)14-10/h2-7H,8-9H2,1H3. The van der Waals surface area contributed by atoms with Crippen molar-refractivity contribution < 1.29 is 4.42 Å². The quantitative estimate of drug-likeness (QED) is 0.730. The van der Waals surface area contributed by atoms with E-state index in [1.807, 2.05) is 24.6 Å². The van der Waals surface area contributed by atoms with Crippen LogP contribution in [0.2, 0.25) is 0 Å². The van der Waals surface area contributed by atoms with E-state index in [4.69, 9.17) is 4.42 Å². The van der Waals surface area contributed by atoms with E-state index in [-0.39, 0.29) is 5.56 Å². The fraction of sp³-hybridized carbons (Fsp3) is 0.231. The number of hydrogen-bond donors (Lipinski definition) is 0. The minimum atomic E-state index is -0.0346. The molecule has 0 saturated heterocycles. The van der Waals surface area contributed by atoms with E-state index in [9.17, 15) is 4.79 Å². The summed E-state index contributed by atoms with van der Waals surface area (Å²) in [5, 5.41) is 1.86. The third-order valence-electron chi connectivity index (χ3n) is 2.79. The summed E-state index contributed by atoms with van der Waals surface area (Å²) in [5.41, 5.74) is 0.745. The summed E-state index contributed by atoms with van der Waals surface area (Å²) >= 11 is 1.46. The Labute approximate surface area is 113 Å². The highest BCUT2D eigenvalue weighted by atomic mass is 32.1. The largest absolute Gasteiger partial charge is 0.468 e. The first kappa shape index (κ1) is 12.1. The maximum absolute atomic E-state index is 11.9. The molecule has 0 N–H and O–H groups in total. The SMILES string of the molecule is CN(Cc1cc(=O)n2ccsc2n1)Cc1ccco1. The van der Waals surface area contributed by atoms with Crippen molar-refractivity contribution in [3.8, 4) is 0 Å². The van der Waals surface area contributed by atoms with Crippen LogP contribution in [0.4, 0.5) is 0 Å². The Kier molecular flexibility index (Phi) is 3.18. The monoisotopic (exact) mass is 275 g/mol. The molecule has 0 spiro atoms. The molecule has 3 heterocycles. The van der Waals surface area contributed by atoms with Crippen LogP contribution in [-0.2, 0) is 13.1 Å². The molecule has 3 rings (SSSR count). The van der Waals surface area contributed by atoms with E-state index in [2.05, 4.69) is 9.88 Å². The molecule has 0 aliphatic carbocycles. The molecule has 0 aliphatic heterocycles. The molecule has 0 aromatic carbocycles. The van der Waals surface area contributed by atoms with Gasteiger partial charge in [-0.3, -0.25) is 14.1 Å². The number of hydrogen-bond acceptors (Lipinski definition) is 5. The van der Waals surface area contributed by atoms with Crippen molar-refractivity contribution in [1.82, 2.24) is 14.3 Å². The maximum atomic E-state index is 11.9. The van der Waals surface area contributed by atoms with Crippen LogP contribution in [0.3, 0.4) is 0 Å². The van der Waals surface area contributed by atoms with E-state index in [0.29, 0.717) is 13.1 Å². The van der Waals surface area contributed by atoms with E-state index in [0.717, 1.165) is 16.4 Å². The van der Waals surface area contributed by atoms with Crippen molar-refractivity contribution in [2.75, 3.05) is 7.05 Å². The lowest BCUT2D eigenvalue weighted by molar-refractivity contribution is 0.285. The number of rotatable bonds is 4. The van der Waals surface area contributed by atoms with E-state index in [1.165, 1.54) is 11.3 Å². The molecule has 0 saturated carbocycles. The minimum absolute atomic E-state index is 0.0346. The van der Waals surface area contributed by atoms with E-state index in [1.54, 1.807) is 22.9 Å². The van der Waals surface area contributed by atoms with Gasteiger partial charge in [-0.1, -0.05) is 0 Å². The average Bonchev–Trinajstić information content (AvgIpc) is 2.99. The van der Waals surface area contributed by atoms with Crippen molar-refractivity contribution in [3.05, 3.63) is 57.8 Å². The van der Waals surface area contributed by atoms with Crippen LogP contribution in [0.15, 0.2) is 45.3 Å². The second kappa shape index (κ2) is 4.99. The highest BCUT2D eigenvalue weighted by molar-refractivity contribution is 7.15. The van der Waals surface area contributed by atoms with Gasteiger partial charge in [0, 0.05) is 24.2 Å². The second-order valence-electron chi connectivity index (χ2n) is 4.39. The number of aromatic nitrogens is 2. The van der Waals surface area contributed by atoms with E-state index < -0.39 is 0 Å². The first-order valence-corrected chi connectivity index (χ1v) is 6.77. The maximum Gasteiger partial charge on any atom is 0.258 e. The number of nitrogens with zero attached hydrogens (tertiary/aromatic N) is 3. The van der Waals surface area contributed by atoms with Gasteiger partial charge in [0.2, 0.25) is 0 Å². The van der Waals surface area contributed by atoms with Gasteiger partial charge in [-0.2, -0.15) is 0 Å². The Bertz CT molecular complexity index is 730. The summed E-state index contributed by atoms with van der Waals surface area (Å²) in [5.74, 6) is 0.899. The predicted molar refractivity (Wildman–Crippen MR) is 73.2 cm³/mol. The summed E-state index contributed by atoms with van der Waals surface area (Å²) in [6.07, 6.45) is 3.40. The molecular formula is C13H13N3O2S. The van der Waals surface area contributed by atoms with Crippen molar-refractivity contribution >= 4 is 16.3 Å². The van der Waals surface area contributed by atoms with Gasteiger partial charge in [-0.15, -0.1) is 11.3 Å². The first-order valence-electron chi connectivity index (χ1n) is 5.89. The minimum Gasteiger partial charge on any atom is -0.468 e. The van der Waals surface area contributed by atoms with Crippen LogP contribution in [0.5, 0.6) is 0 Å². The zero-order valence-electron chi connectivity index (χ0n) is 10.4. The average molecular weight is 275 g/mol. The molecule has 0 radical (unpaired) electrons. The third-order valence-corrected chi connectivity index (χ3v) is 3.55. The number of furan rings is 1.